The Kier molecular flexibility index (Phi) is 2.00. The van der Waals surface area contributed by atoms with Crippen molar-refractivity contribution in [2.45, 2.75) is 31.7 Å². The normalized spacial score (nSPS) is 27.5. The molecule has 2 aliphatic carbocycles. The first kappa shape index (κ1) is 8.06. The minimum atomic E-state index is 0.678. The highest BCUT2D eigenvalue weighted by molar-refractivity contribution is 9.09. The highest BCUT2D eigenvalue weighted by atomic mass is 79.9. The number of rotatable bonds is 4. The lowest BCUT2D eigenvalue weighted by atomic mass is 10.1. The molecule has 0 radical (unpaired) electrons. The van der Waals surface area contributed by atoms with Crippen LogP contribution in [0.25, 0.3) is 0 Å². The van der Waals surface area contributed by atoms with Gasteiger partial charge in [0.15, 0.2) is 0 Å². The number of halogens is 1. The van der Waals surface area contributed by atoms with E-state index in [0.717, 1.165) is 6.04 Å². The van der Waals surface area contributed by atoms with Gasteiger partial charge in [0, 0.05) is 17.9 Å². The van der Waals surface area contributed by atoms with Crippen molar-refractivity contribution in [3.05, 3.63) is 0 Å². The molecule has 0 saturated heterocycles. The van der Waals surface area contributed by atoms with Crippen LogP contribution in [0, 0.1) is 5.41 Å². The molecule has 2 rings (SSSR count). The Morgan fingerprint density at radius 3 is 2.45 bits per heavy atom. The smallest absolute Gasteiger partial charge is 0.0100 e. The van der Waals surface area contributed by atoms with Gasteiger partial charge in [-0.2, -0.15) is 0 Å². The van der Waals surface area contributed by atoms with Gasteiger partial charge in [0.05, 0.1) is 0 Å². The highest BCUT2D eigenvalue weighted by Gasteiger charge is 2.44. The molecule has 11 heavy (non-hydrogen) atoms. The summed E-state index contributed by atoms with van der Waals surface area (Å²) in [6, 6.07) is 0.937. The predicted octanol–water partition coefficient (Wildman–Crippen LogP) is 2.26. The first-order valence-electron chi connectivity index (χ1n) is 4.52. The fourth-order valence-corrected chi connectivity index (χ4v) is 2.42. The van der Waals surface area contributed by atoms with Crippen molar-refractivity contribution in [2.75, 3.05) is 18.9 Å². The number of nitrogens with zero attached hydrogens (tertiary/aromatic N) is 1. The maximum absolute atomic E-state index is 3.60. The van der Waals surface area contributed by atoms with Crippen LogP contribution >= 0.6 is 15.9 Å². The molecule has 1 nitrogen and oxygen atoms in total. The molecule has 2 saturated carbocycles. The van der Waals surface area contributed by atoms with Crippen molar-refractivity contribution >= 4 is 15.9 Å². The lowest BCUT2D eigenvalue weighted by Gasteiger charge is -2.21. The first-order chi connectivity index (χ1) is 5.26. The molecular formula is C9H16BrN. The van der Waals surface area contributed by atoms with Gasteiger partial charge in [-0.3, -0.25) is 0 Å². The SMILES string of the molecule is CN(CC1(CBr)CC1)C1CC1. The van der Waals surface area contributed by atoms with E-state index in [4.69, 9.17) is 0 Å². The summed E-state index contributed by atoms with van der Waals surface area (Å²) in [6.07, 6.45) is 5.76. The molecule has 0 N–H and O–H groups in total. The Balaban J connectivity index is 1.79. The van der Waals surface area contributed by atoms with Gasteiger partial charge in [-0.25, -0.2) is 0 Å². The molecule has 0 aromatic heterocycles. The van der Waals surface area contributed by atoms with E-state index >= 15 is 0 Å². The van der Waals surface area contributed by atoms with Crippen LogP contribution in [0.5, 0.6) is 0 Å². The molecule has 2 fully saturated rings. The molecule has 0 atom stereocenters. The highest BCUT2D eigenvalue weighted by Crippen LogP contribution is 2.48. The molecule has 0 aromatic rings. The second-order valence-corrected chi connectivity index (χ2v) is 4.84. The summed E-state index contributed by atoms with van der Waals surface area (Å²) in [4.78, 5) is 2.55. The third-order valence-corrected chi connectivity index (χ3v) is 4.19. The maximum Gasteiger partial charge on any atom is 0.0100 e. The van der Waals surface area contributed by atoms with Crippen molar-refractivity contribution in [3.8, 4) is 0 Å². The average molecular weight is 218 g/mol. The minimum Gasteiger partial charge on any atom is -0.303 e. The summed E-state index contributed by atoms with van der Waals surface area (Å²) in [6.45, 7) is 1.32. The fourth-order valence-electron chi connectivity index (χ4n) is 1.68. The van der Waals surface area contributed by atoms with E-state index in [-0.39, 0.29) is 0 Å². The maximum atomic E-state index is 3.60. The molecule has 2 aliphatic rings. The quantitative estimate of drug-likeness (QED) is 0.654. The van der Waals surface area contributed by atoms with E-state index in [1.807, 2.05) is 0 Å². The minimum absolute atomic E-state index is 0.678. The van der Waals surface area contributed by atoms with Crippen LogP contribution in [0.4, 0.5) is 0 Å². The van der Waals surface area contributed by atoms with E-state index < -0.39 is 0 Å². The van der Waals surface area contributed by atoms with Gasteiger partial charge in [-0.1, -0.05) is 15.9 Å². The number of hydrogen-bond donors (Lipinski definition) is 0. The second-order valence-electron chi connectivity index (χ2n) is 4.28. The van der Waals surface area contributed by atoms with E-state index in [1.165, 1.54) is 37.6 Å². The van der Waals surface area contributed by atoms with E-state index in [0.29, 0.717) is 5.41 Å². The molecule has 0 aromatic carbocycles. The topological polar surface area (TPSA) is 3.24 Å². The Morgan fingerprint density at radius 2 is 2.09 bits per heavy atom. The van der Waals surface area contributed by atoms with Gasteiger partial charge in [0.1, 0.15) is 0 Å². The summed E-state index contributed by atoms with van der Waals surface area (Å²) >= 11 is 3.60. The molecule has 0 amide bonds. The fraction of sp³-hybridized carbons (Fsp3) is 1.00. The van der Waals surface area contributed by atoms with Crippen molar-refractivity contribution < 1.29 is 0 Å². The van der Waals surface area contributed by atoms with Crippen molar-refractivity contribution in [3.63, 3.8) is 0 Å². The molecule has 0 aliphatic heterocycles. The Bertz CT molecular complexity index is 150. The molecule has 0 spiro atoms. The van der Waals surface area contributed by atoms with Gasteiger partial charge in [-0.15, -0.1) is 0 Å². The molecule has 0 unspecified atom stereocenters. The molecule has 0 bridgehead atoms. The van der Waals surface area contributed by atoms with E-state index in [2.05, 4.69) is 27.9 Å². The Morgan fingerprint density at radius 1 is 1.45 bits per heavy atom. The van der Waals surface area contributed by atoms with Crippen LogP contribution in [0.15, 0.2) is 0 Å². The van der Waals surface area contributed by atoms with Gasteiger partial charge in [-0.05, 0) is 38.1 Å². The standard InChI is InChI=1S/C9H16BrN/c1-11(8-2-3-8)7-9(6-10)4-5-9/h8H,2-7H2,1H3. The van der Waals surface area contributed by atoms with Crippen LogP contribution in [0.3, 0.4) is 0 Å². The lowest BCUT2D eigenvalue weighted by Crippen LogP contribution is -2.29. The molecular weight excluding hydrogens is 202 g/mol. The van der Waals surface area contributed by atoms with Crippen LogP contribution in [0.1, 0.15) is 25.7 Å². The lowest BCUT2D eigenvalue weighted by molar-refractivity contribution is 0.269. The van der Waals surface area contributed by atoms with Gasteiger partial charge in [0.25, 0.3) is 0 Å². The summed E-state index contributed by atoms with van der Waals surface area (Å²) < 4.78 is 0. The van der Waals surface area contributed by atoms with Crippen LogP contribution < -0.4 is 0 Å². The van der Waals surface area contributed by atoms with Gasteiger partial charge in [0.2, 0.25) is 0 Å². The van der Waals surface area contributed by atoms with Crippen LogP contribution in [0.2, 0.25) is 0 Å². The zero-order valence-corrected chi connectivity index (χ0v) is 8.73. The van der Waals surface area contributed by atoms with Crippen LogP contribution in [-0.2, 0) is 0 Å². The first-order valence-corrected chi connectivity index (χ1v) is 5.64. The van der Waals surface area contributed by atoms with Crippen molar-refractivity contribution in [1.82, 2.24) is 4.90 Å². The molecule has 2 heteroatoms. The van der Waals surface area contributed by atoms with E-state index in [9.17, 15) is 0 Å². The Labute approximate surface area is 77.3 Å². The van der Waals surface area contributed by atoms with Crippen molar-refractivity contribution in [2.24, 2.45) is 5.41 Å². The monoisotopic (exact) mass is 217 g/mol. The molecule has 64 valence electrons. The molecule has 0 heterocycles. The van der Waals surface area contributed by atoms with E-state index in [1.54, 1.807) is 0 Å². The average Bonchev–Trinajstić information content (AvgIpc) is 2.85. The zero-order chi connectivity index (χ0) is 7.90. The predicted molar refractivity (Wildman–Crippen MR) is 51.1 cm³/mol. The second kappa shape index (κ2) is 2.74. The summed E-state index contributed by atoms with van der Waals surface area (Å²) in [7, 11) is 2.28. The summed E-state index contributed by atoms with van der Waals surface area (Å²) in [5.74, 6) is 0. The summed E-state index contributed by atoms with van der Waals surface area (Å²) in [5, 5.41) is 1.21. The van der Waals surface area contributed by atoms with Gasteiger partial charge >= 0.3 is 0 Å². The Hall–Kier alpha value is 0.440. The zero-order valence-electron chi connectivity index (χ0n) is 7.15. The third-order valence-electron chi connectivity index (χ3n) is 3.00. The number of hydrogen-bond acceptors (Lipinski definition) is 1. The van der Waals surface area contributed by atoms with Crippen LogP contribution in [-0.4, -0.2) is 29.9 Å². The summed E-state index contributed by atoms with van der Waals surface area (Å²) in [5.41, 5.74) is 0.678. The largest absolute Gasteiger partial charge is 0.303 e. The number of alkyl halides is 1. The third kappa shape index (κ3) is 1.78. The van der Waals surface area contributed by atoms with Crippen molar-refractivity contribution in [1.29, 1.82) is 0 Å². The van der Waals surface area contributed by atoms with Gasteiger partial charge < -0.3 is 4.90 Å².